The molecule has 0 spiro atoms. The van der Waals surface area contributed by atoms with Gasteiger partial charge in [-0.3, -0.25) is 0 Å². The lowest BCUT2D eigenvalue weighted by atomic mass is 10.1. The van der Waals surface area contributed by atoms with E-state index >= 15 is 0 Å². The zero-order chi connectivity index (χ0) is 13.2. The summed E-state index contributed by atoms with van der Waals surface area (Å²) in [6.07, 6.45) is 7.82. The second-order valence-electron chi connectivity index (χ2n) is 3.77. The van der Waals surface area contributed by atoms with E-state index in [1.165, 1.54) is 12.2 Å². The van der Waals surface area contributed by atoms with Crippen LogP contribution in [-0.4, -0.2) is 36.4 Å². The molecule has 18 heavy (non-hydrogen) atoms. The van der Waals surface area contributed by atoms with E-state index in [1.807, 2.05) is 0 Å². The summed E-state index contributed by atoms with van der Waals surface area (Å²) >= 11 is 0. The molecule has 96 valence electrons. The second kappa shape index (κ2) is 4.76. The molecule has 2 rings (SSSR count). The Balaban J connectivity index is 2.33. The lowest BCUT2D eigenvalue weighted by Gasteiger charge is -2.14. The Morgan fingerprint density at radius 3 is 2.94 bits per heavy atom. The molecule has 1 heterocycles. The maximum absolute atomic E-state index is 13.7. The van der Waals surface area contributed by atoms with Crippen molar-refractivity contribution in [3.63, 3.8) is 0 Å². The largest absolute Gasteiger partial charge is 0.829 e. The van der Waals surface area contributed by atoms with Gasteiger partial charge in [0.1, 0.15) is 5.76 Å². The average molecular weight is 255 g/mol. The predicted molar refractivity (Wildman–Crippen MR) is 62.2 cm³/mol. The number of hydrogen-bond acceptors (Lipinski definition) is 3. The van der Waals surface area contributed by atoms with Gasteiger partial charge in [-0.1, -0.05) is 18.2 Å². The molecule has 0 aromatic carbocycles. The monoisotopic (exact) mass is 255 g/mol. The fourth-order valence-electron chi connectivity index (χ4n) is 1.77. The van der Waals surface area contributed by atoms with E-state index in [0.717, 1.165) is 0 Å². The molecule has 4 nitrogen and oxygen atoms in total. The highest BCUT2D eigenvalue weighted by atomic mass is 19.3. The molecule has 0 aromatic rings. The highest BCUT2D eigenvalue weighted by Gasteiger charge is 2.54. The summed E-state index contributed by atoms with van der Waals surface area (Å²) < 4.78 is 37.3. The van der Waals surface area contributed by atoms with E-state index < -0.39 is 19.6 Å². The van der Waals surface area contributed by atoms with Crippen LogP contribution in [0, 0.1) is 0 Å². The zero-order valence-corrected chi connectivity index (χ0v) is 9.81. The van der Waals surface area contributed by atoms with Crippen molar-refractivity contribution < 1.29 is 27.3 Å². The van der Waals surface area contributed by atoms with Gasteiger partial charge in [-0.15, -0.1) is 0 Å². The Kier molecular flexibility index (Phi) is 3.31. The summed E-state index contributed by atoms with van der Waals surface area (Å²) in [5, 5.41) is 0. The van der Waals surface area contributed by atoms with Crippen molar-refractivity contribution in [1.29, 1.82) is 0 Å². The number of hydrogen-bond donors (Lipinski definition) is 0. The molecule has 2 aliphatic rings. The summed E-state index contributed by atoms with van der Waals surface area (Å²) in [4.78, 5) is 11.3. The van der Waals surface area contributed by atoms with Crippen molar-refractivity contribution in [2.75, 3.05) is 13.2 Å². The number of halogens is 2. The summed E-state index contributed by atoms with van der Waals surface area (Å²) in [5.74, 6) is -0.642. The molecule has 0 radical (unpaired) electrons. The Labute approximate surface area is 103 Å². The molecular formula is C11H12BF2NO3. The van der Waals surface area contributed by atoms with E-state index in [9.17, 15) is 13.4 Å². The van der Waals surface area contributed by atoms with Gasteiger partial charge in [0.05, 0.1) is 6.61 Å². The quantitative estimate of drug-likeness (QED) is 0.565. The molecule has 0 amide bonds. The minimum atomic E-state index is -4.23. The van der Waals surface area contributed by atoms with Gasteiger partial charge in [-0.25, -0.2) is 4.79 Å². The molecule has 1 aliphatic heterocycles. The Morgan fingerprint density at radius 1 is 1.44 bits per heavy atom. The fourth-order valence-corrected chi connectivity index (χ4v) is 1.77. The molecule has 0 atom stereocenters. The van der Waals surface area contributed by atoms with Crippen molar-refractivity contribution in [3.05, 3.63) is 36.1 Å². The van der Waals surface area contributed by atoms with Gasteiger partial charge in [0.15, 0.2) is 12.3 Å². The Bertz CT molecular complexity index is 495. The van der Waals surface area contributed by atoms with Crippen LogP contribution in [0.2, 0.25) is 0 Å². The summed E-state index contributed by atoms with van der Waals surface area (Å²) in [6.45, 7) is 1.25. The van der Waals surface area contributed by atoms with Crippen LogP contribution in [-0.2, 0) is 14.2 Å². The first-order valence-corrected chi connectivity index (χ1v) is 5.59. The molecule has 0 unspecified atom stereocenters. The third-order valence-electron chi connectivity index (χ3n) is 2.52. The van der Waals surface area contributed by atoms with E-state index in [0.29, 0.717) is 4.49 Å². The molecule has 0 saturated heterocycles. The van der Waals surface area contributed by atoms with Crippen molar-refractivity contribution in [1.82, 2.24) is 0 Å². The lowest BCUT2D eigenvalue weighted by Crippen LogP contribution is -2.42. The first kappa shape index (κ1) is 12.5. The maximum Gasteiger partial charge on any atom is 0.829 e. The van der Waals surface area contributed by atoms with Crippen molar-refractivity contribution in [2.45, 2.75) is 6.92 Å². The number of esters is 1. The number of nitrogens with zero attached hydrogens (tertiary/aromatic N) is 1. The Hall–Kier alpha value is -1.92. The topological polar surface area (TPSA) is 38.5 Å². The minimum absolute atomic E-state index is 0.0642. The van der Waals surface area contributed by atoms with Crippen LogP contribution in [0.3, 0.4) is 0 Å². The van der Waals surface area contributed by atoms with Crippen molar-refractivity contribution in [2.24, 2.45) is 0 Å². The van der Waals surface area contributed by atoms with Crippen LogP contribution in [0.4, 0.5) is 8.63 Å². The SMILES string of the molecule is CCOC(=O)C[N+]1=C2C=CC=CC=C2O[B-]1(F)F. The average Bonchev–Trinajstić information content (AvgIpc) is 2.46. The van der Waals surface area contributed by atoms with Crippen molar-refractivity contribution >= 4 is 18.7 Å². The standard InChI is InChI=1S/C11H12BF2NO3/c1-2-17-11(16)8-15-9-6-4-3-5-7-10(9)18-12(15,13)14/h3-7H,2,8H2,1H3. The first-order valence-electron chi connectivity index (χ1n) is 5.59. The molecule has 0 bridgehead atoms. The molecule has 0 fully saturated rings. The molecule has 0 saturated carbocycles. The minimum Gasteiger partial charge on any atom is -0.595 e. The second-order valence-corrected chi connectivity index (χ2v) is 3.77. The lowest BCUT2D eigenvalue weighted by molar-refractivity contribution is -0.421. The number of carbonyl (C=O) groups excluding carboxylic acids is 1. The number of ether oxygens (including phenoxy) is 1. The highest BCUT2D eigenvalue weighted by Crippen LogP contribution is 2.26. The molecule has 7 heteroatoms. The predicted octanol–water partition coefficient (Wildman–Crippen LogP) is 1.42. The third kappa shape index (κ3) is 2.34. The zero-order valence-electron chi connectivity index (χ0n) is 9.81. The van der Waals surface area contributed by atoms with E-state index in [4.69, 9.17) is 0 Å². The highest BCUT2D eigenvalue weighted by molar-refractivity contribution is 6.54. The van der Waals surface area contributed by atoms with Crippen LogP contribution >= 0.6 is 0 Å². The molecule has 1 aliphatic carbocycles. The van der Waals surface area contributed by atoms with Crippen LogP contribution in [0.15, 0.2) is 36.1 Å². The molecular weight excluding hydrogens is 243 g/mol. The summed E-state index contributed by atoms with van der Waals surface area (Å²) in [7, 11) is -4.23. The normalized spacial score (nSPS) is 20.1. The van der Waals surface area contributed by atoms with Gasteiger partial charge in [-0.2, -0.15) is 0 Å². The smallest absolute Gasteiger partial charge is 0.595 e. The van der Waals surface area contributed by atoms with Crippen LogP contribution < -0.4 is 0 Å². The van der Waals surface area contributed by atoms with Gasteiger partial charge < -0.3 is 22.5 Å². The molecule has 0 aromatic heterocycles. The van der Waals surface area contributed by atoms with Crippen LogP contribution in [0.1, 0.15) is 6.92 Å². The van der Waals surface area contributed by atoms with E-state index in [2.05, 4.69) is 9.39 Å². The van der Waals surface area contributed by atoms with Gasteiger partial charge in [0.2, 0.25) is 0 Å². The number of fused-ring (bicyclic) bond motifs is 1. The third-order valence-corrected chi connectivity index (χ3v) is 2.52. The summed E-state index contributed by atoms with van der Waals surface area (Å²) in [5.41, 5.74) is 0.193. The summed E-state index contributed by atoms with van der Waals surface area (Å²) in [6, 6.07) is 0. The van der Waals surface area contributed by atoms with Crippen LogP contribution in [0.5, 0.6) is 0 Å². The van der Waals surface area contributed by atoms with Gasteiger partial charge >= 0.3 is 13.0 Å². The van der Waals surface area contributed by atoms with Gasteiger partial charge in [0, 0.05) is 6.08 Å². The van der Waals surface area contributed by atoms with Crippen molar-refractivity contribution in [3.8, 4) is 0 Å². The molecule has 0 N–H and O–H groups in total. The maximum atomic E-state index is 13.7. The number of allylic oxidation sites excluding steroid dienone is 5. The van der Waals surface area contributed by atoms with E-state index in [-0.39, 0.29) is 18.1 Å². The van der Waals surface area contributed by atoms with Gasteiger partial charge in [-0.05, 0) is 13.0 Å². The number of carbonyl (C=O) groups is 1. The first-order chi connectivity index (χ1) is 8.54. The Morgan fingerprint density at radius 2 is 2.22 bits per heavy atom. The van der Waals surface area contributed by atoms with Gasteiger partial charge in [0.25, 0.3) is 0 Å². The number of rotatable bonds is 3. The van der Waals surface area contributed by atoms with E-state index in [1.54, 1.807) is 25.2 Å². The van der Waals surface area contributed by atoms with Crippen LogP contribution in [0.25, 0.3) is 0 Å². The fraction of sp³-hybridized carbons (Fsp3) is 0.273.